The first-order valence-electron chi connectivity index (χ1n) is 11.4. The Kier molecular flexibility index (Phi) is 9.31. The summed E-state index contributed by atoms with van der Waals surface area (Å²) in [6.07, 6.45) is 3.34. The summed E-state index contributed by atoms with van der Waals surface area (Å²) >= 11 is 0. The molecule has 1 aliphatic rings. The zero-order chi connectivity index (χ0) is 24.6. The van der Waals surface area contributed by atoms with Gasteiger partial charge in [-0.15, -0.1) is 0 Å². The zero-order valence-electron chi connectivity index (χ0n) is 20.0. The molecule has 188 valence electrons. The normalized spacial score (nSPS) is 15.9. The lowest BCUT2D eigenvalue weighted by molar-refractivity contribution is 0.0787. The van der Waals surface area contributed by atoms with Gasteiger partial charge in [-0.05, 0) is 37.5 Å². The summed E-state index contributed by atoms with van der Waals surface area (Å²) in [4.78, 5) is 18.7. The summed E-state index contributed by atoms with van der Waals surface area (Å²) in [5, 5.41) is 2.78. The molecule has 34 heavy (non-hydrogen) atoms. The van der Waals surface area contributed by atoms with Crippen molar-refractivity contribution in [1.29, 1.82) is 0 Å². The number of methoxy groups -OCH3 is 2. The number of hydrogen-bond acceptors (Lipinski definition) is 7. The van der Waals surface area contributed by atoms with Crippen molar-refractivity contribution in [2.24, 2.45) is 0 Å². The van der Waals surface area contributed by atoms with Gasteiger partial charge in [0, 0.05) is 33.4 Å². The Morgan fingerprint density at radius 1 is 1.35 bits per heavy atom. The molecule has 0 radical (unpaired) electrons. The zero-order valence-corrected chi connectivity index (χ0v) is 20.8. The summed E-state index contributed by atoms with van der Waals surface area (Å²) in [6.45, 7) is 4.26. The maximum atomic E-state index is 13.3. The van der Waals surface area contributed by atoms with Crippen molar-refractivity contribution in [2.45, 2.75) is 49.9 Å². The molecule has 1 aliphatic heterocycles. The van der Waals surface area contributed by atoms with Crippen LogP contribution in [0.15, 0.2) is 35.6 Å². The number of rotatable bonds is 12. The van der Waals surface area contributed by atoms with Crippen molar-refractivity contribution in [3.05, 3.63) is 41.7 Å². The fourth-order valence-electron chi connectivity index (χ4n) is 3.95. The van der Waals surface area contributed by atoms with Crippen LogP contribution in [0.2, 0.25) is 0 Å². The monoisotopic (exact) mass is 494 g/mol. The molecule has 2 amide bonds. The molecule has 3 rings (SSSR count). The van der Waals surface area contributed by atoms with E-state index in [-0.39, 0.29) is 29.6 Å². The van der Waals surface area contributed by atoms with Gasteiger partial charge in [0.05, 0.1) is 44.0 Å². The van der Waals surface area contributed by atoms with Gasteiger partial charge in [0.15, 0.2) is 0 Å². The Balaban J connectivity index is 1.88. The summed E-state index contributed by atoms with van der Waals surface area (Å²) in [6, 6.07) is 6.72. The fourth-order valence-corrected chi connectivity index (χ4v) is 5.45. The lowest BCUT2D eigenvalue weighted by Crippen LogP contribution is -2.43. The second-order valence-electron chi connectivity index (χ2n) is 8.14. The first kappa shape index (κ1) is 26.0. The van der Waals surface area contributed by atoms with Crippen LogP contribution in [0.3, 0.4) is 0 Å². The lowest BCUT2D eigenvalue weighted by Gasteiger charge is -2.26. The molecule has 1 aromatic heterocycles. The molecule has 1 atom stereocenters. The van der Waals surface area contributed by atoms with Crippen LogP contribution in [0.4, 0.5) is 4.79 Å². The van der Waals surface area contributed by atoms with E-state index in [9.17, 15) is 13.2 Å². The van der Waals surface area contributed by atoms with Gasteiger partial charge in [0.25, 0.3) is 0 Å². The van der Waals surface area contributed by atoms with E-state index in [4.69, 9.17) is 14.2 Å². The minimum absolute atomic E-state index is 0.0331. The average molecular weight is 495 g/mol. The number of amides is 2. The van der Waals surface area contributed by atoms with E-state index in [0.717, 1.165) is 12.8 Å². The van der Waals surface area contributed by atoms with Gasteiger partial charge < -0.3 is 29.0 Å². The lowest BCUT2D eigenvalue weighted by atomic mass is 10.2. The quantitative estimate of drug-likeness (QED) is 0.481. The molecule has 11 heteroatoms. The number of sulfone groups is 1. The molecule has 0 bridgehead atoms. The summed E-state index contributed by atoms with van der Waals surface area (Å²) in [7, 11) is -0.679. The number of carbonyl (C=O) groups excluding carboxylic acids is 1. The van der Waals surface area contributed by atoms with Crippen molar-refractivity contribution in [3.63, 3.8) is 0 Å². The Morgan fingerprint density at radius 3 is 2.85 bits per heavy atom. The van der Waals surface area contributed by atoms with Gasteiger partial charge in [0.2, 0.25) is 15.0 Å². The van der Waals surface area contributed by atoms with E-state index in [1.165, 1.54) is 13.3 Å². The molecule has 1 fully saturated rings. The predicted molar refractivity (Wildman–Crippen MR) is 126 cm³/mol. The first-order chi connectivity index (χ1) is 16.4. The first-order valence-corrected chi connectivity index (χ1v) is 13.1. The van der Waals surface area contributed by atoms with Crippen LogP contribution in [0, 0.1) is 0 Å². The van der Waals surface area contributed by atoms with Gasteiger partial charge in [0.1, 0.15) is 5.75 Å². The Morgan fingerprint density at radius 2 is 2.18 bits per heavy atom. The Bertz CT molecular complexity index is 1050. The van der Waals surface area contributed by atoms with Crippen LogP contribution in [0.5, 0.6) is 5.75 Å². The van der Waals surface area contributed by atoms with Crippen molar-refractivity contribution in [2.75, 3.05) is 40.5 Å². The van der Waals surface area contributed by atoms with Crippen molar-refractivity contribution >= 4 is 15.9 Å². The molecule has 10 nitrogen and oxygen atoms in total. The van der Waals surface area contributed by atoms with Gasteiger partial charge in [-0.2, -0.15) is 0 Å². The minimum Gasteiger partial charge on any atom is -0.497 e. The highest BCUT2D eigenvalue weighted by Gasteiger charge is 2.27. The molecule has 1 aromatic carbocycles. The van der Waals surface area contributed by atoms with E-state index in [0.29, 0.717) is 49.9 Å². The average Bonchev–Trinajstić information content (AvgIpc) is 3.47. The van der Waals surface area contributed by atoms with E-state index in [2.05, 4.69) is 10.3 Å². The van der Waals surface area contributed by atoms with Crippen molar-refractivity contribution in [3.8, 4) is 5.75 Å². The fraction of sp³-hybridized carbons (Fsp3) is 0.565. The highest BCUT2D eigenvalue weighted by atomic mass is 32.2. The number of benzene rings is 1. The Hall–Kier alpha value is -2.63. The number of nitrogens with one attached hydrogen (secondary N) is 1. The SMILES string of the molecule is CCNC(=O)N(Cc1cnc(S(=O)(=O)Cc2cccc(OC)c2)n1CCOC)CC1CCCO1. The second kappa shape index (κ2) is 12.2. The molecule has 1 N–H and O–H groups in total. The molecular formula is C23H34N4O6S. The number of hydrogen-bond donors (Lipinski definition) is 1. The van der Waals surface area contributed by atoms with Crippen molar-refractivity contribution < 1.29 is 27.4 Å². The standard InChI is InChI=1S/C23H34N4O6S/c1-4-24-22(28)26(16-21-9-6-11-33-21)15-19-14-25-23(27(19)10-12-31-2)34(29,30)17-18-7-5-8-20(13-18)32-3/h5,7-8,13-14,21H,4,6,9-12,15-17H2,1-3H3,(H,24,28). The van der Waals surface area contributed by atoms with Crippen LogP contribution in [-0.2, 0) is 38.2 Å². The number of urea groups is 1. The third-order valence-electron chi connectivity index (χ3n) is 5.61. The van der Waals surface area contributed by atoms with Gasteiger partial charge in [-0.3, -0.25) is 0 Å². The van der Waals surface area contributed by atoms with E-state index in [1.807, 2.05) is 6.92 Å². The Labute approximate surface area is 201 Å². The third-order valence-corrected chi connectivity index (χ3v) is 7.20. The third kappa shape index (κ3) is 6.71. The second-order valence-corrected chi connectivity index (χ2v) is 10.0. The summed E-state index contributed by atoms with van der Waals surface area (Å²) in [5.41, 5.74) is 1.22. The number of aromatic nitrogens is 2. The molecule has 0 aliphatic carbocycles. The van der Waals surface area contributed by atoms with E-state index < -0.39 is 9.84 Å². The summed E-state index contributed by atoms with van der Waals surface area (Å²) < 4.78 is 44.4. The number of nitrogens with zero attached hydrogens (tertiary/aromatic N) is 3. The largest absolute Gasteiger partial charge is 0.497 e. The number of imidazole rings is 1. The van der Waals surface area contributed by atoms with E-state index >= 15 is 0 Å². The highest BCUT2D eigenvalue weighted by molar-refractivity contribution is 7.90. The van der Waals surface area contributed by atoms with Gasteiger partial charge in [-0.25, -0.2) is 18.2 Å². The molecule has 1 saturated heterocycles. The van der Waals surface area contributed by atoms with Crippen LogP contribution < -0.4 is 10.1 Å². The van der Waals surface area contributed by atoms with Crippen LogP contribution in [0.25, 0.3) is 0 Å². The van der Waals surface area contributed by atoms with Crippen LogP contribution >= 0.6 is 0 Å². The predicted octanol–water partition coefficient (Wildman–Crippen LogP) is 2.22. The summed E-state index contributed by atoms with van der Waals surface area (Å²) in [5.74, 6) is 0.367. The molecule has 2 heterocycles. The minimum atomic E-state index is -3.77. The smallest absolute Gasteiger partial charge is 0.317 e. The van der Waals surface area contributed by atoms with Gasteiger partial charge >= 0.3 is 6.03 Å². The molecule has 1 unspecified atom stereocenters. The molecular weight excluding hydrogens is 460 g/mol. The van der Waals surface area contributed by atoms with Crippen LogP contribution in [0.1, 0.15) is 31.0 Å². The number of ether oxygens (including phenoxy) is 3. The van der Waals surface area contributed by atoms with E-state index in [1.54, 1.807) is 40.8 Å². The molecule has 2 aromatic rings. The highest BCUT2D eigenvalue weighted by Crippen LogP contribution is 2.22. The molecule has 0 spiro atoms. The maximum absolute atomic E-state index is 13.3. The number of carbonyl (C=O) groups is 1. The van der Waals surface area contributed by atoms with Gasteiger partial charge in [-0.1, -0.05) is 12.1 Å². The molecule has 0 saturated carbocycles. The maximum Gasteiger partial charge on any atom is 0.317 e. The van der Waals surface area contributed by atoms with Crippen LogP contribution in [-0.4, -0.2) is 75.5 Å². The van der Waals surface area contributed by atoms with Crippen molar-refractivity contribution in [1.82, 2.24) is 19.8 Å². The topological polar surface area (TPSA) is 112 Å².